The Labute approximate surface area is 316 Å². The molecule has 0 amide bonds. The van der Waals surface area contributed by atoms with E-state index in [1.54, 1.807) is 0 Å². The molecule has 2 atom stereocenters. The highest BCUT2D eigenvalue weighted by Gasteiger charge is 2.48. The first kappa shape index (κ1) is 31.9. The Morgan fingerprint density at radius 1 is 0.500 bits per heavy atom. The molecule has 0 saturated carbocycles. The smallest absolute Gasteiger partial charge is 0.141 e. The lowest BCUT2D eigenvalue weighted by Crippen LogP contribution is -2.47. The quantitative estimate of drug-likeness (QED) is 0.156. The van der Waals surface area contributed by atoms with Crippen LogP contribution in [-0.4, -0.2) is 23.5 Å². The van der Waals surface area contributed by atoms with Crippen LogP contribution in [0.5, 0.6) is 5.75 Å². The van der Waals surface area contributed by atoms with Gasteiger partial charge in [0, 0.05) is 47.0 Å². The Hall–Kier alpha value is -5.60. The van der Waals surface area contributed by atoms with E-state index in [2.05, 4.69) is 214 Å². The van der Waals surface area contributed by atoms with Crippen LogP contribution in [0.25, 0.3) is 43.6 Å². The number of rotatable bonds is 6. The second-order valence-corrected chi connectivity index (χ2v) is 18.8. The average molecular weight is 737 g/mol. The van der Waals surface area contributed by atoms with Gasteiger partial charge in [-0.15, -0.1) is 0 Å². The summed E-state index contributed by atoms with van der Waals surface area (Å²) in [4.78, 5) is 0. The summed E-state index contributed by atoms with van der Waals surface area (Å²) in [5.41, 5.74) is 5.95. The maximum absolute atomic E-state index is 7.68. The van der Waals surface area contributed by atoms with Gasteiger partial charge >= 0.3 is 0 Å². The molecule has 0 N–H and O–H groups in total. The molecule has 0 fully saturated rings. The van der Waals surface area contributed by atoms with Crippen LogP contribution < -0.4 is 10.0 Å². The third-order valence-electron chi connectivity index (χ3n) is 11.5. The van der Waals surface area contributed by atoms with Gasteiger partial charge in [0.15, 0.2) is 0 Å². The van der Waals surface area contributed by atoms with Crippen LogP contribution in [0.15, 0.2) is 188 Å². The molecule has 262 valence electrons. The van der Waals surface area contributed by atoms with E-state index in [0.717, 1.165) is 5.75 Å². The van der Waals surface area contributed by atoms with Gasteiger partial charge in [0.05, 0.1) is 27.4 Å². The molecule has 5 aromatic carbocycles. The van der Waals surface area contributed by atoms with Crippen molar-refractivity contribution in [3.63, 3.8) is 0 Å². The monoisotopic (exact) mass is 736 g/mol. The zero-order chi connectivity index (χ0) is 36.0. The Balaban J connectivity index is 1.13. The topological polar surface area (TPSA) is 28.9 Å². The van der Waals surface area contributed by atoms with E-state index < -0.39 is 16.4 Å². The first-order valence-corrected chi connectivity index (χ1v) is 21.1. The summed E-state index contributed by atoms with van der Waals surface area (Å²) in [5.74, 6) is 1.15. The second-order valence-electron chi connectivity index (χ2n) is 14.9. The fourth-order valence-corrected chi connectivity index (χ4v) is 13.8. The lowest BCUT2D eigenvalue weighted by atomic mass is 9.68. The van der Waals surface area contributed by atoms with Crippen LogP contribution >= 0.6 is 16.4 Å². The minimum atomic E-state index is -1.14. The summed E-state index contributed by atoms with van der Waals surface area (Å²) in [6.07, 6.45) is 15.9. The molecule has 2 unspecified atom stereocenters. The zero-order valence-electron chi connectivity index (χ0n) is 30.1. The minimum Gasteiger partial charge on any atom is -0.484 e. The molecular weight excluding hydrogens is 698 g/mol. The van der Waals surface area contributed by atoms with Crippen molar-refractivity contribution in [3.05, 3.63) is 193 Å². The van der Waals surface area contributed by atoms with Crippen molar-refractivity contribution in [1.29, 1.82) is 0 Å². The summed E-state index contributed by atoms with van der Waals surface area (Å²) < 4.78 is 17.6. The molecule has 5 heterocycles. The van der Waals surface area contributed by atoms with E-state index in [4.69, 9.17) is 4.74 Å². The fraction of sp³-hybridized carbons (Fsp3) is 0.106. The maximum atomic E-state index is 7.68. The van der Waals surface area contributed by atoms with Gasteiger partial charge in [-0.2, -0.15) is 0 Å². The van der Waals surface area contributed by atoms with Crippen molar-refractivity contribution in [2.24, 2.45) is 5.92 Å². The summed E-state index contributed by atoms with van der Waals surface area (Å²) in [5, 5.41) is 7.47. The third kappa shape index (κ3) is 4.72. The Bertz CT molecular complexity index is 2810. The van der Waals surface area contributed by atoms with E-state index in [1.807, 2.05) is 0 Å². The first-order chi connectivity index (χ1) is 26.6. The van der Waals surface area contributed by atoms with Gasteiger partial charge in [-0.1, -0.05) is 117 Å². The standard InChI is InChI=1S/C47H38N4OP2/c1-47(2)37-17-11-23-43(53(48-29-25-33-13-3-7-19-39(33)48)49-30-26-34-14-4-8-20-40(34)49)45(37)52-46-38(47)18-12-24-44(46)54(50-31-27-35-15-5-9-21-41(35)50)51-32-28-36-16-6-10-22-42(36)51/h3-32,37,45H,1-2H3. The molecule has 2 aliphatic rings. The van der Waals surface area contributed by atoms with Crippen molar-refractivity contribution < 1.29 is 4.74 Å². The van der Waals surface area contributed by atoms with Crippen LogP contribution in [0.1, 0.15) is 19.4 Å². The zero-order valence-corrected chi connectivity index (χ0v) is 31.9. The molecule has 7 heteroatoms. The highest BCUT2D eigenvalue weighted by atomic mass is 31.1. The molecule has 1 aliphatic carbocycles. The minimum absolute atomic E-state index is 0.139. The van der Waals surface area contributed by atoms with Gasteiger partial charge in [0.2, 0.25) is 0 Å². The number of para-hydroxylation sites is 5. The Morgan fingerprint density at radius 3 is 1.43 bits per heavy atom. The lowest BCUT2D eigenvalue weighted by molar-refractivity contribution is 0.121. The van der Waals surface area contributed by atoms with Gasteiger partial charge in [0.25, 0.3) is 0 Å². The summed E-state index contributed by atoms with van der Waals surface area (Å²) in [7, 11) is -2.24. The molecule has 0 spiro atoms. The van der Waals surface area contributed by atoms with Gasteiger partial charge in [-0.3, -0.25) is 0 Å². The van der Waals surface area contributed by atoms with E-state index >= 15 is 0 Å². The van der Waals surface area contributed by atoms with E-state index in [1.165, 1.54) is 59.8 Å². The predicted octanol–water partition coefficient (Wildman–Crippen LogP) is 12.1. The maximum Gasteiger partial charge on any atom is 0.141 e. The fourth-order valence-electron chi connectivity index (χ4n) is 8.83. The third-order valence-corrected chi connectivity index (χ3v) is 16.2. The van der Waals surface area contributed by atoms with E-state index in [0.29, 0.717) is 0 Å². The number of hydrogen-bond donors (Lipinski definition) is 0. The Morgan fingerprint density at radius 2 is 0.944 bits per heavy atom. The highest BCUT2D eigenvalue weighted by Crippen LogP contribution is 2.60. The van der Waals surface area contributed by atoms with Gasteiger partial charge < -0.3 is 22.1 Å². The number of benzene rings is 5. The molecule has 54 heavy (non-hydrogen) atoms. The van der Waals surface area contributed by atoms with Crippen LogP contribution in [0.3, 0.4) is 0 Å². The van der Waals surface area contributed by atoms with Crippen LogP contribution in [0.4, 0.5) is 0 Å². The van der Waals surface area contributed by atoms with Crippen LogP contribution in [-0.2, 0) is 5.41 Å². The number of ether oxygens (including phenoxy) is 1. The van der Waals surface area contributed by atoms with E-state index in [-0.39, 0.29) is 17.4 Å². The normalized spacial score (nSPS) is 17.7. The highest BCUT2D eigenvalue weighted by molar-refractivity contribution is 7.63. The van der Waals surface area contributed by atoms with E-state index in [9.17, 15) is 0 Å². The molecule has 9 aromatic rings. The number of allylic oxidation sites excluding steroid dienone is 2. The SMILES string of the molecule is CC1(C)c2cccc(P(n3ccc4ccccc43)n3ccc4ccccc43)c2OC2C(P(n3ccc4ccccc43)n3ccc4ccccc43)=CC=CC21. The van der Waals surface area contributed by atoms with Crippen molar-refractivity contribution in [1.82, 2.24) is 17.4 Å². The van der Waals surface area contributed by atoms with Crippen molar-refractivity contribution >= 4 is 65.4 Å². The average Bonchev–Trinajstić information content (AvgIpc) is 4.02. The number of fused-ring (bicyclic) bond motifs is 6. The van der Waals surface area contributed by atoms with Crippen LogP contribution in [0, 0.1) is 5.92 Å². The number of hydrogen-bond acceptors (Lipinski definition) is 1. The first-order valence-electron chi connectivity index (χ1n) is 18.6. The lowest BCUT2D eigenvalue weighted by Gasteiger charge is -2.47. The number of nitrogens with zero attached hydrogens (tertiary/aromatic N) is 4. The van der Waals surface area contributed by atoms with Gasteiger partial charge in [-0.05, 0) is 76.1 Å². The van der Waals surface area contributed by atoms with Gasteiger partial charge in [0.1, 0.15) is 28.3 Å². The predicted molar refractivity (Wildman–Crippen MR) is 227 cm³/mol. The Kier molecular flexibility index (Phi) is 7.21. The largest absolute Gasteiger partial charge is 0.484 e. The summed E-state index contributed by atoms with van der Waals surface area (Å²) in [6.45, 7) is 4.83. The molecule has 0 bridgehead atoms. The molecule has 4 aromatic heterocycles. The number of aromatic nitrogens is 4. The molecule has 11 rings (SSSR count). The molecule has 0 saturated heterocycles. The molecule has 1 aliphatic heterocycles. The molecule has 0 radical (unpaired) electrons. The van der Waals surface area contributed by atoms with Crippen molar-refractivity contribution in [3.8, 4) is 5.75 Å². The van der Waals surface area contributed by atoms with Crippen LogP contribution in [0.2, 0.25) is 0 Å². The molecule has 5 nitrogen and oxygen atoms in total. The van der Waals surface area contributed by atoms with Crippen molar-refractivity contribution in [2.45, 2.75) is 25.4 Å². The van der Waals surface area contributed by atoms with Gasteiger partial charge in [-0.25, -0.2) is 0 Å². The molecular formula is C47H38N4OP2. The van der Waals surface area contributed by atoms with Crippen molar-refractivity contribution in [2.75, 3.05) is 0 Å². The summed E-state index contributed by atoms with van der Waals surface area (Å²) in [6, 6.07) is 50.8. The summed E-state index contributed by atoms with van der Waals surface area (Å²) >= 11 is 0. The second kappa shape index (κ2) is 12.2.